The first-order valence-corrected chi connectivity index (χ1v) is 9.56. The Balaban J connectivity index is 1.51. The summed E-state index contributed by atoms with van der Waals surface area (Å²) in [6.07, 6.45) is 3.20. The molecule has 0 radical (unpaired) electrons. The standard InChI is InChI=1S/C15H19N3O3S2/c1-9-2-3-11-10(4-9)5-12(23-11)15(21)17-16-13(19)6-18-8-22-7-14(18)20/h5,9H,2-4,6-8H2,1H3,(H,16,19)(H,17,21)/t9-/m1/s1. The van der Waals surface area contributed by atoms with Crippen LogP contribution in [0.3, 0.4) is 0 Å². The SMILES string of the molecule is C[C@@H]1CCc2sc(C(=O)NNC(=O)CN3CSCC3=O)cc2C1. The van der Waals surface area contributed by atoms with Gasteiger partial charge in [-0.25, -0.2) is 0 Å². The van der Waals surface area contributed by atoms with Gasteiger partial charge in [-0.15, -0.1) is 23.1 Å². The molecule has 0 spiro atoms. The summed E-state index contributed by atoms with van der Waals surface area (Å²) >= 11 is 2.98. The van der Waals surface area contributed by atoms with Gasteiger partial charge < -0.3 is 4.90 Å². The van der Waals surface area contributed by atoms with Crippen LogP contribution in [-0.4, -0.2) is 40.8 Å². The van der Waals surface area contributed by atoms with Gasteiger partial charge in [0.1, 0.15) is 6.54 Å². The first kappa shape index (κ1) is 16.3. The third kappa shape index (κ3) is 3.87. The van der Waals surface area contributed by atoms with Gasteiger partial charge in [-0.1, -0.05) is 6.92 Å². The van der Waals surface area contributed by atoms with Crippen molar-refractivity contribution in [3.05, 3.63) is 21.4 Å². The predicted octanol–water partition coefficient (Wildman–Crippen LogP) is 1.17. The van der Waals surface area contributed by atoms with Crippen LogP contribution in [0.15, 0.2) is 6.07 Å². The minimum atomic E-state index is -0.385. The van der Waals surface area contributed by atoms with E-state index in [0.29, 0.717) is 22.4 Å². The summed E-state index contributed by atoms with van der Waals surface area (Å²) in [6, 6.07) is 1.93. The molecule has 1 aliphatic carbocycles. The number of nitrogens with zero attached hydrogens (tertiary/aromatic N) is 1. The Morgan fingerprint density at radius 3 is 2.96 bits per heavy atom. The van der Waals surface area contributed by atoms with Gasteiger partial charge in [0.15, 0.2) is 0 Å². The molecular weight excluding hydrogens is 334 g/mol. The van der Waals surface area contributed by atoms with Crippen molar-refractivity contribution in [2.75, 3.05) is 18.2 Å². The highest BCUT2D eigenvalue weighted by Crippen LogP contribution is 2.32. The number of carbonyl (C=O) groups excluding carboxylic acids is 3. The van der Waals surface area contributed by atoms with E-state index in [-0.39, 0.29) is 24.3 Å². The van der Waals surface area contributed by atoms with Crippen molar-refractivity contribution in [2.24, 2.45) is 5.92 Å². The molecule has 3 rings (SSSR count). The Hall–Kier alpha value is -1.54. The van der Waals surface area contributed by atoms with Crippen LogP contribution in [0.4, 0.5) is 0 Å². The van der Waals surface area contributed by atoms with Gasteiger partial charge in [0, 0.05) is 4.88 Å². The van der Waals surface area contributed by atoms with Gasteiger partial charge in [0.25, 0.3) is 11.8 Å². The fraction of sp³-hybridized carbons (Fsp3) is 0.533. The number of thioether (sulfide) groups is 1. The first-order valence-electron chi connectivity index (χ1n) is 7.59. The maximum absolute atomic E-state index is 12.1. The summed E-state index contributed by atoms with van der Waals surface area (Å²) < 4.78 is 0. The van der Waals surface area contributed by atoms with E-state index in [1.54, 1.807) is 0 Å². The minimum absolute atomic E-state index is 0.0232. The quantitative estimate of drug-likeness (QED) is 0.800. The van der Waals surface area contributed by atoms with E-state index in [2.05, 4.69) is 17.8 Å². The fourth-order valence-corrected chi connectivity index (χ4v) is 4.77. The number of aryl methyl sites for hydroxylation is 1. The van der Waals surface area contributed by atoms with E-state index in [1.807, 2.05) is 6.07 Å². The van der Waals surface area contributed by atoms with E-state index in [4.69, 9.17) is 0 Å². The highest BCUT2D eigenvalue weighted by Gasteiger charge is 2.24. The molecule has 1 aromatic rings. The monoisotopic (exact) mass is 353 g/mol. The van der Waals surface area contributed by atoms with Gasteiger partial charge >= 0.3 is 0 Å². The largest absolute Gasteiger partial charge is 0.323 e. The molecule has 8 heteroatoms. The topological polar surface area (TPSA) is 78.5 Å². The number of hydrogen-bond acceptors (Lipinski definition) is 5. The van der Waals surface area contributed by atoms with Gasteiger partial charge in [-0.05, 0) is 36.8 Å². The van der Waals surface area contributed by atoms with Gasteiger partial charge in [-0.3, -0.25) is 25.2 Å². The summed E-state index contributed by atoms with van der Waals surface area (Å²) in [5.74, 6) is 0.867. The molecule has 0 unspecified atom stereocenters. The lowest BCUT2D eigenvalue weighted by molar-refractivity contribution is -0.132. The Morgan fingerprint density at radius 2 is 2.22 bits per heavy atom. The third-order valence-electron chi connectivity index (χ3n) is 4.03. The molecule has 1 aliphatic heterocycles. The van der Waals surface area contributed by atoms with Crippen LogP contribution in [0, 0.1) is 5.92 Å². The zero-order chi connectivity index (χ0) is 16.4. The summed E-state index contributed by atoms with van der Waals surface area (Å²) in [4.78, 5) is 38.8. The maximum Gasteiger partial charge on any atom is 0.279 e. The molecular formula is C15H19N3O3S2. The molecule has 0 bridgehead atoms. The number of hydrazine groups is 1. The molecule has 1 saturated heterocycles. The average molecular weight is 353 g/mol. The van der Waals surface area contributed by atoms with Crippen LogP contribution in [0.2, 0.25) is 0 Å². The molecule has 23 heavy (non-hydrogen) atoms. The second kappa shape index (κ2) is 6.92. The zero-order valence-corrected chi connectivity index (χ0v) is 14.5. The lowest BCUT2D eigenvalue weighted by atomic mass is 9.90. The van der Waals surface area contributed by atoms with Crippen LogP contribution in [0.5, 0.6) is 0 Å². The number of rotatable bonds is 3. The molecule has 2 N–H and O–H groups in total. The Morgan fingerprint density at radius 1 is 1.39 bits per heavy atom. The van der Waals surface area contributed by atoms with Crippen molar-refractivity contribution in [3.8, 4) is 0 Å². The van der Waals surface area contributed by atoms with Gasteiger partial charge in [0.2, 0.25) is 5.91 Å². The normalized spacial score (nSPS) is 20.3. The van der Waals surface area contributed by atoms with Crippen molar-refractivity contribution in [3.63, 3.8) is 0 Å². The summed E-state index contributed by atoms with van der Waals surface area (Å²) in [6.45, 7) is 2.20. The number of nitrogens with one attached hydrogen (secondary N) is 2. The third-order valence-corrected chi connectivity index (χ3v) is 6.21. The summed E-state index contributed by atoms with van der Waals surface area (Å²) in [5.41, 5.74) is 6.07. The minimum Gasteiger partial charge on any atom is -0.323 e. The van der Waals surface area contributed by atoms with E-state index in [1.165, 1.54) is 38.4 Å². The van der Waals surface area contributed by atoms with Gasteiger partial charge in [0.05, 0.1) is 16.5 Å². The van der Waals surface area contributed by atoms with Crippen LogP contribution in [0.1, 0.15) is 33.5 Å². The Kier molecular flexibility index (Phi) is 4.91. The van der Waals surface area contributed by atoms with E-state index in [0.717, 1.165) is 19.3 Å². The lowest BCUT2D eigenvalue weighted by Crippen LogP contribution is -2.46. The van der Waals surface area contributed by atoms with Crippen molar-refractivity contribution in [1.82, 2.24) is 15.8 Å². The summed E-state index contributed by atoms with van der Waals surface area (Å²) in [5, 5.41) is 0. The molecule has 124 valence electrons. The molecule has 1 fully saturated rings. The molecule has 2 heterocycles. The highest BCUT2D eigenvalue weighted by atomic mass is 32.2. The van der Waals surface area contributed by atoms with E-state index >= 15 is 0 Å². The van der Waals surface area contributed by atoms with E-state index in [9.17, 15) is 14.4 Å². The zero-order valence-electron chi connectivity index (χ0n) is 12.9. The average Bonchev–Trinajstić information content (AvgIpc) is 3.11. The van der Waals surface area contributed by atoms with E-state index < -0.39 is 0 Å². The second-order valence-electron chi connectivity index (χ2n) is 5.98. The van der Waals surface area contributed by atoms with Crippen molar-refractivity contribution in [2.45, 2.75) is 26.2 Å². The lowest BCUT2D eigenvalue weighted by Gasteiger charge is -2.16. The molecule has 2 aliphatic rings. The number of carbonyl (C=O) groups is 3. The number of amides is 3. The molecule has 1 aromatic heterocycles. The van der Waals surface area contributed by atoms with Crippen molar-refractivity contribution >= 4 is 40.8 Å². The maximum atomic E-state index is 12.1. The van der Waals surface area contributed by atoms with Crippen LogP contribution in [0.25, 0.3) is 0 Å². The smallest absolute Gasteiger partial charge is 0.279 e. The number of thiophene rings is 1. The van der Waals surface area contributed by atoms with Crippen LogP contribution >= 0.6 is 23.1 Å². The second-order valence-corrected chi connectivity index (χ2v) is 8.07. The fourth-order valence-electron chi connectivity index (χ4n) is 2.76. The number of fused-ring (bicyclic) bond motifs is 1. The highest BCUT2D eigenvalue weighted by molar-refractivity contribution is 8.00. The van der Waals surface area contributed by atoms with Gasteiger partial charge in [-0.2, -0.15) is 0 Å². The molecule has 3 amide bonds. The Bertz CT molecular complexity index is 644. The summed E-state index contributed by atoms with van der Waals surface area (Å²) in [7, 11) is 0. The predicted molar refractivity (Wildman–Crippen MR) is 90.2 cm³/mol. The van der Waals surface area contributed by atoms with Crippen molar-refractivity contribution < 1.29 is 14.4 Å². The molecule has 0 aromatic carbocycles. The first-order chi connectivity index (χ1) is 11.0. The van der Waals surface area contributed by atoms with Crippen molar-refractivity contribution in [1.29, 1.82) is 0 Å². The molecule has 6 nitrogen and oxygen atoms in total. The van der Waals surface area contributed by atoms with Crippen LogP contribution < -0.4 is 10.9 Å². The Labute approximate surface area is 143 Å². The molecule has 0 saturated carbocycles. The number of hydrogen-bond donors (Lipinski definition) is 2. The van der Waals surface area contributed by atoms with Crippen LogP contribution in [-0.2, 0) is 22.4 Å². The molecule has 1 atom stereocenters.